The van der Waals surface area contributed by atoms with E-state index in [4.69, 9.17) is 0 Å². The van der Waals surface area contributed by atoms with E-state index in [1.165, 1.54) is 5.56 Å². The molecule has 0 aliphatic heterocycles. The highest BCUT2D eigenvalue weighted by atomic mass is 16.2. The smallest absolute Gasteiger partial charge is 0.256 e. The van der Waals surface area contributed by atoms with Crippen LogP contribution >= 0.6 is 0 Å². The second-order valence-electron chi connectivity index (χ2n) is 5.67. The van der Waals surface area contributed by atoms with Crippen LogP contribution in [0.5, 0.6) is 0 Å². The first-order valence-corrected chi connectivity index (χ1v) is 7.92. The van der Waals surface area contributed by atoms with Crippen molar-refractivity contribution in [2.75, 3.05) is 18.4 Å². The van der Waals surface area contributed by atoms with Crippen LogP contribution in [0.15, 0.2) is 24.5 Å². The number of hydrogen-bond donors (Lipinski definition) is 1. The Kier molecular flexibility index (Phi) is 5.32. The number of nitrogens with one attached hydrogen (secondary N) is 1. The summed E-state index contributed by atoms with van der Waals surface area (Å²) in [5, 5.41) is 3.24. The Bertz CT molecular complexity index is 668. The molecule has 5 nitrogen and oxygen atoms in total. The molecule has 0 unspecified atom stereocenters. The molecule has 23 heavy (non-hydrogen) atoms. The maximum Gasteiger partial charge on any atom is 0.256 e. The van der Waals surface area contributed by atoms with Gasteiger partial charge in [-0.1, -0.05) is 17.7 Å². The van der Waals surface area contributed by atoms with Gasteiger partial charge in [-0.05, 0) is 45.7 Å². The van der Waals surface area contributed by atoms with Crippen molar-refractivity contribution in [2.45, 2.75) is 34.6 Å². The molecule has 1 aromatic heterocycles. The van der Waals surface area contributed by atoms with Crippen LogP contribution < -0.4 is 5.32 Å². The van der Waals surface area contributed by atoms with E-state index in [0.29, 0.717) is 24.6 Å². The van der Waals surface area contributed by atoms with Gasteiger partial charge in [-0.25, -0.2) is 9.97 Å². The van der Waals surface area contributed by atoms with E-state index in [9.17, 15) is 4.79 Å². The van der Waals surface area contributed by atoms with Gasteiger partial charge in [0.15, 0.2) is 0 Å². The molecular formula is C18H24N4O. The van der Waals surface area contributed by atoms with Gasteiger partial charge in [0.25, 0.3) is 5.91 Å². The van der Waals surface area contributed by atoms with E-state index in [0.717, 1.165) is 16.8 Å². The van der Waals surface area contributed by atoms with Crippen LogP contribution in [-0.2, 0) is 0 Å². The number of anilines is 2. The molecule has 1 amide bonds. The van der Waals surface area contributed by atoms with E-state index < -0.39 is 0 Å². The molecule has 5 heteroatoms. The van der Waals surface area contributed by atoms with Crippen LogP contribution in [0.3, 0.4) is 0 Å². The van der Waals surface area contributed by atoms with Crippen LogP contribution in [0.2, 0.25) is 0 Å². The lowest BCUT2D eigenvalue weighted by molar-refractivity contribution is 0.0772. The van der Waals surface area contributed by atoms with Gasteiger partial charge >= 0.3 is 0 Å². The summed E-state index contributed by atoms with van der Waals surface area (Å²) in [6.45, 7) is 11.5. The average Bonchev–Trinajstić information content (AvgIpc) is 2.52. The third kappa shape index (κ3) is 3.86. The minimum Gasteiger partial charge on any atom is -0.339 e. The number of amides is 1. The zero-order valence-electron chi connectivity index (χ0n) is 14.5. The highest BCUT2D eigenvalue weighted by molar-refractivity contribution is 5.93. The third-order valence-corrected chi connectivity index (χ3v) is 3.86. The molecule has 0 radical (unpaired) electrons. The Morgan fingerprint density at radius 2 is 1.57 bits per heavy atom. The van der Waals surface area contributed by atoms with Crippen LogP contribution in [0.1, 0.15) is 40.9 Å². The molecule has 0 atom stereocenters. The highest BCUT2D eigenvalue weighted by Gasteiger charge is 2.13. The van der Waals surface area contributed by atoms with E-state index in [2.05, 4.69) is 48.2 Å². The third-order valence-electron chi connectivity index (χ3n) is 3.86. The Labute approximate surface area is 137 Å². The molecule has 122 valence electrons. The van der Waals surface area contributed by atoms with E-state index in [1.54, 1.807) is 17.3 Å². The number of aryl methyl sites for hydroxylation is 3. The standard InChI is InChI=1S/C18H24N4O/c1-6-22(7-2)17(23)15-10-19-18(20-11-15)21-16-13(4)8-12(3)9-14(16)5/h8-11H,6-7H2,1-5H3,(H,19,20,21). The number of rotatable bonds is 5. The van der Waals surface area contributed by atoms with Crippen molar-refractivity contribution in [1.29, 1.82) is 0 Å². The second kappa shape index (κ2) is 7.22. The quantitative estimate of drug-likeness (QED) is 0.916. The summed E-state index contributed by atoms with van der Waals surface area (Å²) in [6, 6.07) is 4.24. The minimum atomic E-state index is -0.0377. The van der Waals surface area contributed by atoms with Crippen molar-refractivity contribution >= 4 is 17.5 Å². The largest absolute Gasteiger partial charge is 0.339 e. The van der Waals surface area contributed by atoms with Crippen LogP contribution in [0, 0.1) is 20.8 Å². The van der Waals surface area contributed by atoms with Crippen LogP contribution in [0.4, 0.5) is 11.6 Å². The Hall–Kier alpha value is -2.43. The molecule has 0 bridgehead atoms. The predicted octanol–water partition coefficient (Wildman–Crippen LogP) is 3.63. The van der Waals surface area contributed by atoms with Crippen LogP contribution in [-0.4, -0.2) is 33.9 Å². The SMILES string of the molecule is CCN(CC)C(=O)c1cnc(Nc2c(C)cc(C)cc2C)nc1. The number of benzene rings is 1. The summed E-state index contributed by atoms with van der Waals surface area (Å²) in [4.78, 5) is 22.6. The molecule has 0 fully saturated rings. The summed E-state index contributed by atoms with van der Waals surface area (Å²) >= 11 is 0. The zero-order valence-corrected chi connectivity index (χ0v) is 14.5. The number of hydrogen-bond acceptors (Lipinski definition) is 4. The molecule has 1 aromatic carbocycles. The summed E-state index contributed by atoms with van der Waals surface area (Å²) in [6.07, 6.45) is 3.16. The lowest BCUT2D eigenvalue weighted by Gasteiger charge is -2.18. The Morgan fingerprint density at radius 1 is 1.04 bits per heavy atom. The minimum absolute atomic E-state index is 0.0377. The molecule has 0 spiro atoms. The Morgan fingerprint density at radius 3 is 2.04 bits per heavy atom. The van der Waals surface area contributed by atoms with E-state index in [1.807, 2.05) is 13.8 Å². The van der Waals surface area contributed by atoms with Gasteiger partial charge in [0, 0.05) is 31.2 Å². The fourth-order valence-corrected chi connectivity index (χ4v) is 2.69. The van der Waals surface area contributed by atoms with Crippen molar-refractivity contribution in [3.8, 4) is 0 Å². The summed E-state index contributed by atoms with van der Waals surface area (Å²) in [7, 11) is 0. The van der Waals surface area contributed by atoms with Gasteiger partial charge in [-0.15, -0.1) is 0 Å². The zero-order chi connectivity index (χ0) is 17.0. The molecule has 2 aromatic rings. The predicted molar refractivity (Wildman–Crippen MR) is 93.2 cm³/mol. The molecule has 0 aliphatic carbocycles. The number of aromatic nitrogens is 2. The molecule has 1 N–H and O–H groups in total. The van der Waals surface area contributed by atoms with Gasteiger partial charge in [0.1, 0.15) is 0 Å². The maximum absolute atomic E-state index is 12.2. The molecule has 0 saturated heterocycles. The lowest BCUT2D eigenvalue weighted by atomic mass is 10.1. The normalized spacial score (nSPS) is 10.5. The first-order chi connectivity index (χ1) is 11.0. The molecular weight excluding hydrogens is 288 g/mol. The first-order valence-electron chi connectivity index (χ1n) is 7.92. The van der Waals surface area contributed by atoms with Crippen molar-refractivity contribution in [3.05, 3.63) is 46.8 Å². The first kappa shape index (κ1) is 16.9. The maximum atomic E-state index is 12.2. The van der Waals surface area contributed by atoms with Gasteiger partial charge < -0.3 is 10.2 Å². The van der Waals surface area contributed by atoms with Crippen molar-refractivity contribution < 1.29 is 4.79 Å². The van der Waals surface area contributed by atoms with Gasteiger partial charge in [-0.3, -0.25) is 4.79 Å². The van der Waals surface area contributed by atoms with Gasteiger partial charge in [0.05, 0.1) is 5.56 Å². The molecule has 0 aliphatic rings. The Balaban J connectivity index is 2.19. The van der Waals surface area contributed by atoms with Crippen molar-refractivity contribution in [1.82, 2.24) is 14.9 Å². The van der Waals surface area contributed by atoms with E-state index in [-0.39, 0.29) is 5.91 Å². The second-order valence-corrected chi connectivity index (χ2v) is 5.67. The molecule has 0 saturated carbocycles. The fourth-order valence-electron chi connectivity index (χ4n) is 2.69. The van der Waals surface area contributed by atoms with Crippen LogP contribution in [0.25, 0.3) is 0 Å². The number of carbonyl (C=O) groups excluding carboxylic acids is 1. The monoisotopic (exact) mass is 312 g/mol. The lowest BCUT2D eigenvalue weighted by Crippen LogP contribution is -2.30. The molecule has 1 heterocycles. The van der Waals surface area contributed by atoms with Gasteiger partial charge in [0.2, 0.25) is 5.95 Å². The molecule has 2 rings (SSSR count). The van der Waals surface area contributed by atoms with E-state index >= 15 is 0 Å². The summed E-state index contributed by atoms with van der Waals surface area (Å²) < 4.78 is 0. The topological polar surface area (TPSA) is 58.1 Å². The van der Waals surface area contributed by atoms with Crippen molar-refractivity contribution in [2.24, 2.45) is 0 Å². The summed E-state index contributed by atoms with van der Waals surface area (Å²) in [5.74, 6) is 0.459. The number of nitrogens with zero attached hydrogens (tertiary/aromatic N) is 3. The van der Waals surface area contributed by atoms with Gasteiger partial charge in [-0.2, -0.15) is 0 Å². The van der Waals surface area contributed by atoms with Crippen molar-refractivity contribution in [3.63, 3.8) is 0 Å². The fraction of sp³-hybridized carbons (Fsp3) is 0.389. The highest BCUT2D eigenvalue weighted by Crippen LogP contribution is 2.24. The number of carbonyl (C=O) groups is 1. The summed E-state index contributed by atoms with van der Waals surface area (Å²) in [5.41, 5.74) is 5.05. The average molecular weight is 312 g/mol.